The number of halogens is 1. The molecule has 0 aromatic heterocycles. The molecule has 2 atom stereocenters. The molecule has 1 aromatic rings. The van der Waals surface area contributed by atoms with Gasteiger partial charge in [-0.25, -0.2) is 4.79 Å². The van der Waals surface area contributed by atoms with Gasteiger partial charge in [-0.2, -0.15) is 0 Å². The molecule has 1 aromatic carbocycles. The van der Waals surface area contributed by atoms with Gasteiger partial charge in [0.2, 0.25) is 0 Å². The minimum absolute atomic E-state index is 0.00864. The lowest BCUT2D eigenvalue weighted by Gasteiger charge is -2.21. The van der Waals surface area contributed by atoms with Crippen molar-refractivity contribution in [2.75, 3.05) is 13.2 Å². The van der Waals surface area contributed by atoms with Crippen molar-refractivity contribution in [2.24, 2.45) is 0 Å². The van der Waals surface area contributed by atoms with Gasteiger partial charge >= 0.3 is 5.97 Å². The average Bonchev–Trinajstić information content (AvgIpc) is 2.78. The van der Waals surface area contributed by atoms with Crippen LogP contribution in [0.25, 0.3) is 0 Å². The van der Waals surface area contributed by atoms with Gasteiger partial charge in [-0.3, -0.25) is 4.79 Å². The number of benzene rings is 1. The summed E-state index contributed by atoms with van der Waals surface area (Å²) < 4.78 is 5.27. The van der Waals surface area contributed by atoms with Crippen LogP contribution in [0.5, 0.6) is 5.75 Å². The molecule has 1 aliphatic rings. The van der Waals surface area contributed by atoms with Crippen LogP contribution in [0.4, 0.5) is 0 Å². The van der Waals surface area contributed by atoms with Gasteiger partial charge in [-0.15, -0.1) is 0 Å². The summed E-state index contributed by atoms with van der Waals surface area (Å²) >= 11 is 5.79. The number of amides is 1. The number of carboxylic acids is 1. The number of carbonyl (C=O) groups excluding carboxylic acids is 1. The van der Waals surface area contributed by atoms with E-state index in [2.05, 4.69) is 0 Å². The van der Waals surface area contributed by atoms with Crippen LogP contribution in [0, 0.1) is 0 Å². The second-order valence-corrected chi connectivity index (χ2v) is 4.97. The first-order chi connectivity index (χ1) is 9.47. The molecule has 1 heterocycles. The molecule has 6 nitrogen and oxygen atoms in total. The Labute approximate surface area is 120 Å². The highest BCUT2D eigenvalue weighted by Gasteiger charge is 2.38. The van der Waals surface area contributed by atoms with E-state index in [0.717, 1.165) is 4.90 Å². The molecule has 0 spiro atoms. The molecule has 0 bridgehead atoms. The van der Waals surface area contributed by atoms with Gasteiger partial charge in [0.1, 0.15) is 11.8 Å². The van der Waals surface area contributed by atoms with Crippen LogP contribution in [0.1, 0.15) is 6.42 Å². The van der Waals surface area contributed by atoms with Crippen molar-refractivity contribution in [1.29, 1.82) is 0 Å². The molecule has 108 valence electrons. The largest absolute Gasteiger partial charge is 0.484 e. The summed E-state index contributed by atoms with van der Waals surface area (Å²) in [5.74, 6) is -1.18. The van der Waals surface area contributed by atoms with E-state index < -0.39 is 24.0 Å². The molecule has 20 heavy (non-hydrogen) atoms. The van der Waals surface area contributed by atoms with Crippen molar-refractivity contribution in [2.45, 2.75) is 18.6 Å². The van der Waals surface area contributed by atoms with Crippen molar-refractivity contribution in [3.05, 3.63) is 29.3 Å². The van der Waals surface area contributed by atoms with Crippen LogP contribution in [0.3, 0.4) is 0 Å². The third-order valence-corrected chi connectivity index (χ3v) is 3.28. The van der Waals surface area contributed by atoms with E-state index in [1.54, 1.807) is 24.3 Å². The Morgan fingerprint density at radius 1 is 1.45 bits per heavy atom. The zero-order chi connectivity index (χ0) is 14.7. The molecular weight excluding hydrogens is 286 g/mol. The van der Waals surface area contributed by atoms with Gasteiger partial charge in [-0.05, 0) is 18.2 Å². The standard InChI is InChI=1S/C13H14ClNO5/c14-8-2-1-3-10(4-8)20-7-12(17)15-6-9(16)5-11(15)13(18)19/h1-4,9,11,16H,5-7H2,(H,18,19)/t9-,11-/m0/s1. The zero-order valence-electron chi connectivity index (χ0n) is 10.5. The summed E-state index contributed by atoms with van der Waals surface area (Å²) in [6.45, 7) is -0.286. The maximum Gasteiger partial charge on any atom is 0.326 e. The normalized spacial score (nSPS) is 21.8. The molecule has 1 saturated heterocycles. The number of aliphatic hydroxyl groups is 1. The summed E-state index contributed by atoms with van der Waals surface area (Å²) in [6.07, 6.45) is -0.774. The zero-order valence-corrected chi connectivity index (χ0v) is 11.3. The van der Waals surface area contributed by atoms with Crippen molar-refractivity contribution in [3.8, 4) is 5.75 Å². The number of aliphatic hydroxyl groups excluding tert-OH is 1. The van der Waals surface area contributed by atoms with E-state index in [1.165, 1.54) is 0 Å². The highest BCUT2D eigenvalue weighted by atomic mass is 35.5. The number of β-amino-alcohol motifs (C(OH)–C–C–N with tert-alkyl or cyclic N) is 1. The lowest BCUT2D eigenvalue weighted by Crippen LogP contribution is -2.42. The van der Waals surface area contributed by atoms with Crippen molar-refractivity contribution < 1.29 is 24.5 Å². The first-order valence-electron chi connectivity index (χ1n) is 6.06. The molecule has 1 amide bonds. The molecule has 0 radical (unpaired) electrons. The number of carbonyl (C=O) groups is 2. The highest BCUT2D eigenvalue weighted by Crippen LogP contribution is 2.20. The van der Waals surface area contributed by atoms with Crippen molar-refractivity contribution in [3.63, 3.8) is 0 Å². The summed E-state index contributed by atoms with van der Waals surface area (Å²) in [5.41, 5.74) is 0. The Hall–Kier alpha value is -1.79. The molecule has 1 aliphatic heterocycles. The fourth-order valence-corrected chi connectivity index (χ4v) is 2.29. The minimum Gasteiger partial charge on any atom is -0.484 e. The smallest absolute Gasteiger partial charge is 0.326 e. The van der Waals surface area contributed by atoms with Crippen LogP contribution < -0.4 is 4.74 Å². The fourth-order valence-electron chi connectivity index (χ4n) is 2.11. The summed E-state index contributed by atoms with van der Waals surface area (Å²) in [4.78, 5) is 24.1. The molecule has 0 unspecified atom stereocenters. The number of hydrogen-bond donors (Lipinski definition) is 2. The summed E-state index contributed by atoms with van der Waals surface area (Å²) in [6, 6.07) is 5.56. The van der Waals surface area contributed by atoms with E-state index >= 15 is 0 Å². The third-order valence-electron chi connectivity index (χ3n) is 3.04. The Morgan fingerprint density at radius 3 is 2.85 bits per heavy atom. The van der Waals surface area contributed by atoms with Crippen LogP contribution in [0.15, 0.2) is 24.3 Å². The Morgan fingerprint density at radius 2 is 2.20 bits per heavy atom. The molecule has 2 rings (SSSR count). The summed E-state index contributed by atoms with van der Waals surface area (Å²) in [5, 5.41) is 19.0. The number of rotatable bonds is 4. The Kier molecular flexibility index (Phi) is 4.46. The number of nitrogens with zero attached hydrogens (tertiary/aromatic N) is 1. The van der Waals surface area contributed by atoms with Gasteiger partial charge in [0, 0.05) is 18.0 Å². The number of carboxylic acid groups (broad SMARTS) is 1. The number of hydrogen-bond acceptors (Lipinski definition) is 4. The summed E-state index contributed by atoms with van der Waals surface area (Å²) in [7, 11) is 0. The second kappa shape index (κ2) is 6.11. The molecule has 1 fully saturated rings. The SMILES string of the molecule is O=C(O)[C@@H]1C[C@H](O)CN1C(=O)COc1cccc(Cl)c1. The maximum atomic E-state index is 12.0. The predicted octanol–water partition coefficient (Wildman–Crippen LogP) is 0.765. The maximum absolute atomic E-state index is 12.0. The third kappa shape index (κ3) is 3.40. The molecular formula is C13H14ClNO5. The first kappa shape index (κ1) is 14.6. The molecule has 2 N–H and O–H groups in total. The molecule has 0 saturated carbocycles. The van der Waals surface area contributed by atoms with Gasteiger partial charge in [0.05, 0.1) is 6.10 Å². The van der Waals surface area contributed by atoms with Crippen LogP contribution >= 0.6 is 11.6 Å². The second-order valence-electron chi connectivity index (χ2n) is 4.54. The van der Waals surface area contributed by atoms with Gasteiger partial charge in [-0.1, -0.05) is 17.7 Å². The van der Waals surface area contributed by atoms with Gasteiger partial charge in [0.15, 0.2) is 6.61 Å². The highest BCUT2D eigenvalue weighted by molar-refractivity contribution is 6.30. The first-order valence-corrected chi connectivity index (χ1v) is 6.44. The number of ether oxygens (including phenoxy) is 1. The van der Waals surface area contributed by atoms with Gasteiger partial charge in [0.25, 0.3) is 5.91 Å². The molecule has 7 heteroatoms. The monoisotopic (exact) mass is 299 g/mol. The van der Waals surface area contributed by atoms with Gasteiger partial charge < -0.3 is 19.8 Å². The van der Waals surface area contributed by atoms with E-state index in [-0.39, 0.29) is 19.6 Å². The fraction of sp³-hybridized carbons (Fsp3) is 0.385. The van der Waals surface area contributed by atoms with Crippen LogP contribution in [0.2, 0.25) is 5.02 Å². The number of aliphatic carboxylic acids is 1. The van der Waals surface area contributed by atoms with E-state index in [1.807, 2.05) is 0 Å². The van der Waals surface area contributed by atoms with E-state index in [0.29, 0.717) is 10.8 Å². The molecule has 0 aliphatic carbocycles. The average molecular weight is 300 g/mol. The number of likely N-dealkylation sites (tertiary alicyclic amines) is 1. The Bertz CT molecular complexity index is 521. The lowest BCUT2D eigenvalue weighted by atomic mass is 10.2. The van der Waals surface area contributed by atoms with E-state index in [4.69, 9.17) is 21.4 Å². The topological polar surface area (TPSA) is 87.1 Å². The van der Waals surface area contributed by atoms with Crippen molar-refractivity contribution in [1.82, 2.24) is 4.90 Å². The van der Waals surface area contributed by atoms with Crippen LogP contribution in [-0.2, 0) is 9.59 Å². The minimum atomic E-state index is -1.13. The van der Waals surface area contributed by atoms with Crippen molar-refractivity contribution >= 4 is 23.5 Å². The quantitative estimate of drug-likeness (QED) is 0.857. The van der Waals surface area contributed by atoms with Crippen LogP contribution in [-0.4, -0.2) is 52.3 Å². The van der Waals surface area contributed by atoms with E-state index in [9.17, 15) is 14.7 Å². The predicted molar refractivity (Wildman–Crippen MR) is 70.7 cm³/mol. The Balaban J connectivity index is 1.96. The lowest BCUT2D eigenvalue weighted by molar-refractivity contribution is -0.148.